The predicted molar refractivity (Wildman–Crippen MR) is 128 cm³/mol. The molecule has 4 aromatic rings. The van der Waals surface area contributed by atoms with E-state index < -0.39 is 10.9 Å². The highest BCUT2D eigenvalue weighted by molar-refractivity contribution is 7.15. The Morgan fingerprint density at radius 1 is 1.12 bits per heavy atom. The van der Waals surface area contributed by atoms with Gasteiger partial charge in [0.1, 0.15) is 10.6 Å². The van der Waals surface area contributed by atoms with E-state index in [2.05, 4.69) is 5.32 Å². The van der Waals surface area contributed by atoms with E-state index in [9.17, 15) is 19.7 Å². The molecule has 8 nitrogen and oxygen atoms in total. The summed E-state index contributed by atoms with van der Waals surface area (Å²) in [5.74, 6) is -0.783. The molecule has 1 amide bonds. The van der Waals surface area contributed by atoms with Crippen LogP contribution in [-0.2, 0) is 16.1 Å². The van der Waals surface area contributed by atoms with Gasteiger partial charge in [-0.15, -0.1) is 11.3 Å². The lowest BCUT2D eigenvalue weighted by Gasteiger charge is -2.09. The number of para-hydroxylation sites is 1. The van der Waals surface area contributed by atoms with Crippen LogP contribution in [0, 0.1) is 10.1 Å². The number of rotatable bonds is 8. The summed E-state index contributed by atoms with van der Waals surface area (Å²) in [7, 11) is 0. The van der Waals surface area contributed by atoms with Gasteiger partial charge in [0.05, 0.1) is 11.5 Å². The maximum absolute atomic E-state index is 12.7. The number of ether oxygens (including phenoxy) is 1. The standard InChI is InChI=1S/C24H21N3O5S/c1-2-32-24(29)22-19(16-7-9-18(10-8-16)27(30)31)15-33-23(22)25-21(28)12-14-26-13-11-17-5-3-4-6-20(17)26/h3-11,13,15H,2,12,14H2,1H3,(H,25,28). The van der Waals surface area contributed by atoms with Gasteiger partial charge in [-0.3, -0.25) is 14.9 Å². The molecule has 168 valence electrons. The number of hydrogen-bond donors (Lipinski definition) is 1. The van der Waals surface area contributed by atoms with Crippen LogP contribution in [-0.4, -0.2) is 28.0 Å². The second-order valence-electron chi connectivity index (χ2n) is 7.24. The van der Waals surface area contributed by atoms with E-state index in [0.29, 0.717) is 22.7 Å². The van der Waals surface area contributed by atoms with Crippen LogP contribution in [0.15, 0.2) is 66.2 Å². The average Bonchev–Trinajstić information content (AvgIpc) is 3.42. The molecule has 9 heteroatoms. The van der Waals surface area contributed by atoms with Gasteiger partial charge in [-0.05, 0) is 42.1 Å². The number of hydrogen-bond acceptors (Lipinski definition) is 6. The Kier molecular flexibility index (Phi) is 6.50. The maximum atomic E-state index is 12.7. The molecule has 0 saturated carbocycles. The van der Waals surface area contributed by atoms with E-state index in [1.807, 2.05) is 41.1 Å². The van der Waals surface area contributed by atoms with E-state index in [-0.39, 0.29) is 30.2 Å². The monoisotopic (exact) mass is 463 g/mol. The summed E-state index contributed by atoms with van der Waals surface area (Å²) >= 11 is 1.22. The van der Waals surface area contributed by atoms with Crippen LogP contribution in [0.3, 0.4) is 0 Å². The molecular weight excluding hydrogens is 442 g/mol. The molecule has 0 aliphatic carbocycles. The van der Waals surface area contributed by atoms with Gasteiger partial charge in [0.15, 0.2) is 0 Å². The zero-order valence-electron chi connectivity index (χ0n) is 17.8. The van der Waals surface area contributed by atoms with Crippen molar-refractivity contribution in [3.63, 3.8) is 0 Å². The first-order valence-corrected chi connectivity index (χ1v) is 11.2. The Balaban J connectivity index is 1.54. The van der Waals surface area contributed by atoms with Crippen LogP contribution in [0.1, 0.15) is 23.7 Å². The van der Waals surface area contributed by atoms with Crippen molar-refractivity contribution in [3.05, 3.63) is 81.9 Å². The number of carbonyl (C=O) groups excluding carboxylic acids is 2. The summed E-state index contributed by atoms with van der Waals surface area (Å²) in [5.41, 5.74) is 2.43. The van der Waals surface area contributed by atoms with E-state index in [4.69, 9.17) is 4.74 Å². The van der Waals surface area contributed by atoms with E-state index in [1.54, 1.807) is 24.4 Å². The topological polar surface area (TPSA) is 103 Å². The Hall–Kier alpha value is -3.98. The van der Waals surface area contributed by atoms with Crippen molar-refractivity contribution < 1.29 is 19.2 Å². The third-order valence-electron chi connectivity index (χ3n) is 5.17. The normalized spacial score (nSPS) is 10.8. The molecule has 33 heavy (non-hydrogen) atoms. The van der Waals surface area contributed by atoms with Crippen LogP contribution in [0.2, 0.25) is 0 Å². The van der Waals surface area contributed by atoms with Crippen molar-refractivity contribution in [1.82, 2.24) is 4.57 Å². The highest BCUT2D eigenvalue weighted by Gasteiger charge is 2.23. The number of carbonyl (C=O) groups is 2. The zero-order valence-corrected chi connectivity index (χ0v) is 18.6. The van der Waals surface area contributed by atoms with Crippen molar-refractivity contribution in [2.45, 2.75) is 19.9 Å². The van der Waals surface area contributed by atoms with Crippen molar-refractivity contribution in [3.8, 4) is 11.1 Å². The number of thiophene rings is 1. The molecule has 4 rings (SSSR count). The molecular formula is C24H21N3O5S. The van der Waals surface area contributed by atoms with Crippen molar-refractivity contribution >= 4 is 44.8 Å². The molecule has 0 saturated heterocycles. The predicted octanol–water partition coefficient (Wildman–Crippen LogP) is 5.48. The lowest BCUT2D eigenvalue weighted by Crippen LogP contribution is -2.16. The summed E-state index contributed by atoms with van der Waals surface area (Å²) in [6.45, 7) is 2.38. The molecule has 2 aromatic heterocycles. The molecule has 0 unspecified atom stereocenters. The number of amides is 1. The van der Waals surface area contributed by atoms with Gasteiger partial charge in [-0.25, -0.2) is 4.79 Å². The van der Waals surface area contributed by atoms with Crippen molar-refractivity contribution in [2.24, 2.45) is 0 Å². The third-order valence-corrected chi connectivity index (χ3v) is 6.07. The summed E-state index contributed by atoms with van der Waals surface area (Å²) in [6, 6.07) is 15.8. The third kappa shape index (κ3) is 4.78. The average molecular weight is 464 g/mol. The number of aryl methyl sites for hydroxylation is 1. The van der Waals surface area contributed by atoms with Crippen molar-refractivity contribution in [1.29, 1.82) is 0 Å². The summed E-state index contributed by atoms with van der Waals surface area (Å²) in [4.78, 5) is 35.8. The van der Waals surface area contributed by atoms with E-state index in [0.717, 1.165) is 10.9 Å². The first-order valence-electron chi connectivity index (χ1n) is 10.3. The summed E-state index contributed by atoms with van der Waals surface area (Å²) < 4.78 is 7.22. The minimum Gasteiger partial charge on any atom is -0.462 e. The minimum absolute atomic E-state index is 0.0438. The lowest BCUT2D eigenvalue weighted by molar-refractivity contribution is -0.384. The van der Waals surface area contributed by atoms with Gasteiger partial charge in [-0.2, -0.15) is 0 Å². The fourth-order valence-electron chi connectivity index (χ4n) is 3.58. The first kappa shape index (κ1) is 22.2. The highest BCUT2D eigenvalue weighted by Crippen LogP contribution is 2.37. The first-order chi connectivity index (χ1) is 16.0. The van der Waals surface area contributed by atoms with Crippen LogP contribution in [0.4, 0.5) is 10.7 Å². The van der Waals surface area contributed by atoms with Gasteiger partial charge in [0, 0.05) is 47.8 Å². The molecule has 0 radical (unpaired) electrons. The molecule has 0 bridgehead atoms. The van der Waals surface area contributed by atoms with Gasteiger partial charge >= 0.3 is 5.97 Å². The van der Waals surface area contributed by atoms with Gasteiger partial charge in [0.25, 0.3) is 5.69 Å². The maximum Gasteiger partial charge on any atom is 0.341 e. The zero-order chi connectivity index (χ0) is 23.4. The molecule has 0 atom stereocenters. The number of esters is 1. The van der Waals surface area contributed by atoms with Crippen LogP contribution in [0.25, 0.3) is 22.0 Å². The largest absolute Gasteiger partial charge is 0.462 e. The molecule has 0 aliphatic rings. The lowest BCUT2D eigenvalue weighted by atomic mass is 10.0. The van der Waals surface area contributed by atoms with E-state index in [1.165, 1.54) is 23.5 Å². The molecule has 0 spiro atoms. The number of nitrogens with one attached hydrogen (secondary N) is 1. The Morgan fingerprint density at radius 2 is 1.88 bits per heavy atom. The Morgan fingerprint density at radius 3 is 2.61 bits per heavy atom. The number of aromatic nitrogens is 1. The van der Waals surface area contributed by atoms with E-state index >= 15 is 0 Å². The smallest absolute Gasteiger partial charge is 0.341 e. The number of fused-ring (bicyclic) bond motifs is 1. The number of nitro benzene ring substituents is 1. The number of nitrogens with zero attached hydrogens (tertiary/aromatic N) is 2. The minimum atomic E-state index is -0.557. The number of non-ortho nitro benzene ring substituents is 1. The molecule has 2 aromatic carbocycles. The molecule has 0 aliphatic heterocycles. The summed E-state index contributed by atoms with van der Waals surface area (Å²) in [5, 5.41) is 17.0. The second-order valence-corrected chi connectivity index (χ2v) is 8.12. The number of anilines is 1. The van der Waals surface area contributed by atoms with Crippen LogP contribution in [0.5, 0.6) is 0 Å². The summed E-state index contributed by atoms with van der Waals surface area (Å²) in [6.07, 6.45) is 2.17. The van der Waals surface area contributed by atoms with Gasteiger partial charge in [0.2, 0.25) is 5.91 Å². The van der Waals surface area contributed by atoms with Crippen molar-refractivity contribution in [2.75, 3.05) is 11.9 Å². The van der Waals surface area contributed by atoms with Crippen LogP contribution >= 0.6 is 11.3 Å². The fourth-order valence-corrected chi connectivity index (χ4v) is 4.55. The fraction of sp³-hybridized carbons (Fsp3) is 0.167. The SMILES string of the molecule is CCOC(=O)c1c(-c2ccc([N+](=O)[O-])cc2)csc1NC(=O)CCn1ccc2ccccc21. The molecule has 2 heterocycles. The number of benzene rings is 2. The van der Waals surface area contributed by atoms with Gasteiger partial charge in [-0.1, -0.05) is 18.2 Å². The van der Waals surface area contributed by atoms with Gasteiger partial charge < -0.3 is 14.6 Å². The number of nitro groups is 1. The highest BCUT2D eigenvalue weighted by atomic mass is 32.1. The Bertz CT molecular complexity index is 1320. The Labute approximate surface area is 193 Å². The molecule has 0 fully saturated rings. The molecule has 1 N–H and O–H groups in total. The second kappa shape index (κ2) is 9.66. The quantitative estimate of drug-likeness (QED) is 0.212. The van der Waals surface area contributed by atoms with Crippen LogP contribution < -0.4 is 5.32 Å².